The molecule has 0 radical (unpaired) electrons. The minimum absolute atomic E-state index is 0.205. The number of nitrogens with one attached hydrogen (secondary N) is 3. The van der Waals surface area contributed by atoms with Crippen LogP contribution in [0.15, 0.2) is 42.6 Å². The highest BCUT2D eigenvalue weighted by atomic mass is 32.2. The van der Waals surface area contributed by atoms with Gasteiger partial charge in [0.25, 0.3) is 5.91 Å². The normalized spacial score (nSPS) is 15.8. The van der Waals surface area contributed by atoms with E-state index in [1.54, 1.807) is 42.6 Å². The number of sulfonamides is 1. The van der Waals surface area contributed by atoms with Crippen LogP contribution < -0.4 is 24.8 Å². The molecule has 3 N–H and O–H groups in total. The fraction of sp³-hybridized carbons (Fsp3) is 0.433. The highest BCUT2D eigenvalue weighted by Crippen LogP contribution is 2.39. The van der Waals surface area contributed by atoms with Gasteiger partial charge in [-0.3, -0.25) is 9.52 Å². The third kappa shape index (κ3) is 8.17. The van der Waals surface area contributed by atoms with Crippen molar-refractivity contribution in [2.45, 2.75) is 52.1 Å². The number of likely N-dealkylation sites (N-methyl/N-ethyl adjacent to an activating group) is 1. The van der Waals surface area contributed by atoms with Crippen molar-refractivity contribution in [3.8, 4) is 17.4 Å². The van der Waals surface area contributed by atoms with Crippen molar-refractivity contribution in [3.63, 3.8) is 0 Å². The van der Waals surface area contributed by atoms with Crippen molar-refractivity contribution in [1.82, 2.24) is 20.2 Å². The van der Waals surface area contributed by atoms with Gasteiger partial charge < -0.3 is 25.0 Å². The number of aromatic nitrogens is 2. The van der Waals surface area contributed by atoms with Crippen LogP contribution >= 0.6 is 0 Å². The van der Waals surface area contributed by atoms with Crippen LogP contribution in [0.4, 0.5) is 11.4 Å². The summed E-state index contributed by atoms with van der Waals surface area (Å²) in [6.45, 7) is 10.5. The molecule has 1 amide bonds. The third-order valence-electron chi connectivity index (χ3n) is 6.99. The third-order valence-corrected chi connectivity index (χ3v) is 7.58. The van der Waals surface area contributed by atoms with Gasteiger partial charge in [-0.25, -0.2) is 13.4 Å². The molecule has 0 aliphatic carbocycles. The average molecular weight is 597 g/mol. The molecule has 2 aromatic carbocycles. The van der Waals surface area contributed by atoms with Crippen molar-refractivity contribution in [2.24, 2.45) is 0 Å². The first kappa shape index (κ1) is 31.2. The van der Waals surface area contributed by atoms with Gasteiger partial charge in [-0.1, -0.05) is 26.8 Å². The Bertz CT molecular complexity index is 1550. The van der Waals surface area contributed by atoms with Gasteiger partial charge in [0.15, 0.2) is 5.75 Å². The van der Waals surface area contributed by atoms with E-state index < -0.39 is 15.9 Å². The fourth-order valence-corrected chi connectivity index (χ4v) is 5.22. The largest absolute Gasteiger partial charge is 0.492 e. The summed E-state index contributed by atoms with van der Waals surface area (Å²) in [6, 6.07) is 10.7. The van der Waals surface area contributed by atoms with Crippen LogP contribution in [0.25, 0.3) is 0 Å². The zero-order chi connectivity index (χ0) is 30.7. The van der Waals surface area contributed by atoms with Gasteiger partial charge >= 0.3 is 0 Å². The summed E-state index contributed by atoms with van der Waals surface area (Å²) in [5, 5.41) is 6.38. The quantitative estimate of drug-likeness (QED) is 0.313. The number of hydrogen-bond acceptors (Lipinski definition) is 9. The van der Waals surface area contributed by atoms with Crippen LogP contribution in [0.2, 0.25) is 0 Å². The van der Waals surface area contributed by atoms with Crippen molar-refractivity contribution in [1.29, 1.82) is 0 Å². The second-order valence-corrected chi connectivity index (χ2v) is 13.5. The van der Waals surface area contributed by atoms with Crippen molar-refractivity contribution in [2.75, 3.05) is 43.5 Å². The Morgan fingerprint density at radius 1 is 1.14 bits per heavy atom. The van der Waals surface area contributed by atoms with Crippen molar-refractivity contribution < 1.29 is 22.7 Å². The second-order valence-electron chi connectivity index (χ2n) is 11.7. The SMILES string of the molecule is COc1c(NC(=O)c2ccc(C)c(Oc3ccnc(CNC4CCN(C)C4)n3)c2)cc(C(C)(C)C)cc1NS(C)(=O)=O. The molecule has 12 heteroatoms. The number of carbonyl (C=O) groups is 1. The summed E-state index contributed by atoms with van der Waals surface area (Å²) < 4.78 is 38.2. The number of aryl methyl sites for hydroxylation is 1. The van der Waals surface area contributed by atoms with E-state index >= 15 is 0 Å². The molecular formula is C30H40N6O5S. The number of rotatable bonds is 10. The lowest BCUT2D eigenvalue weighted by molar-refractivity contribution is 0.102. The first-order chi connectivity index (χ1) is 19.7. The van der Waals surface area contributed by atoms with E-state index in [1.807, 2.05) is 27.7 Å². The molecule has 1 aromatic heterocycles. The lowest BCUT2D eigenvalue weighted by Crippen LogP contribution is -2.31. The molecule has 4 rings (SSSR count). The van der Waals surface area contributed by atoms with Crippen LogP contribution in [0.3, 0.4) is 0 Å². The topological polar surface area (TPSA) is 135 Å². The molecule has 3 aromatic rings. The van der Waals surface area contributed by atoms with Crippen molar-refractivity contribution >= 4 is 27.3 Å². The highest BCUT2D eigenvalue weighted by molar-refractivity contribution is 7.92. The summed E-state index contributed by atoms with van der Waals surface area (Å²) in [7, 11) is -0.0697. The average Bonchev–Trinajstić information content (AvgIpc) is 3.32. The molecule has 42 heavy (non-hydrogen) atoms. The van der Waals surface area contributed by atoms with Crippen LogP contribution in [-0.4, -0.2) is 68.7 Å². The van der Waals surface area contributed by atoms with E-state index in [1.165, 1.54) is 7.11 Å². The molecule has 0 spiro atoms. The lowest BCUT2D eigenvalue weighted by Gasteiger charge is -2.24. The van der Waals surface area contributed by atoms with Crippen LogP contribution in [-0.2, 0) is 22.0 Å². The number of ether oxygens (including phenoxy) is 2. The predicted octanol–water partition coefficient (Wildman–Crippen LogP) is 4.30. The maximum atomic E-state index is 13.4. The summed E-state index contributed by atoms with van der Waals surface area (Å²) in [5.74, 6) is 1.27. The Morgan fingerprint density at radius 3 is 2.52 bits per heavy atom. The summed E-state index contributed by atoms with van der Waals surface area (Å²) in [6.07, 6.45) is 3.80. The van der Waals surface area contributed by atoms with E-state index in [9.17, 15) is 13.2 Å². The van der Waals surface area contributed by atoms with E-state index in [0.717, 1.165) is 36.9 Å². The molecule has 1 atom stereocenters. The van der Waals surface area contributed by atoms with Gasteiger partial charge in [0.2, 0.25) is 15.9 Å². The zero-order valence-electron chi connectivity index (χ0n) is 25.2. The molecular weight excluding hydrogens is 556 g/mol. The lowest BCUT2D eigenvalue weighted by atomic mass is 9.86. The van der Waals surface area contributed by atoms with Gasteiger partial charge in [0.05, 0.1) is 31.3 Å². The Balaban J connectivity index is 1.55. The first-order valence-corrected chi connectivity index (χ1v) is 15.6. The number of carbonyl (C=O) groups excluding carboxylic acids is 1. The molecule has 0 saturated carbocycles. The van der Waals surface area contributed by atoms with Gasteiger partial charge in [-0.2, -0.15) is 4.98 Å². The first-order valence-electron chi connectivity index (χ1n) is 13.8. The Morgan fingerprint density at radius 2 is 1.88 bits per heavy atom. The van der Waals surface area contributed by atoms with Crippen molar-refractivity contribution in [3.05, 3.63) is 65.1 Å². The van der Waals surface area contributed by atoms with Crippen LogP contribution in [0, 0.1) is 6.92 Å². The molecule has 1 aliphatic heterocycles. The van der Waals surface area contributed by atoms with E-state index in [-0.39, 0.29) is 16.9 Å². The summed E-state index contributed by atoms with van der Waals surface area (Å²) in [5.41, 5.74) is 2.23. The summed E-state index contributed by atoms with van der Waals surface area (Å²) in [4.78, 5) is 24.6. The molecule has 1 fully saturated rings. The number of benzene rings is 2. The number of nitrogens with zero attached hydrogens (tertiary/aromatic N) is 3. The summed E-state index contributed by atoms with van der Waals surface area (Å²) >= 11 is 0. The Hall–Kier alpha value is -3.74. The molecule has 0 bridgehead atoms. The van der Waals surface area contributed by atoms with E-state index in [4.69, 9.17) is 9.47 Å². The fourth-order valence-electron chi connectivity index (χ4n) is 4.67. The maximum absolute atomic E-state index is 13.4. The molecule has 1 saturated heterocycles. The van der Waals surface area contributed by atoms with Gasteiger partial charge in [0, 0.05) is 30.4 Å². The monoisotopic (exact) mass is 596 g/mol. The standard InChI is InChI=1S/C30H40N6O5S/c1-19-8-9-20(14-25(19)41-27-10-12-31-26(34-27)17-32-22-11-13-36(5)18-22)29(37)33-23-15-21(30(2,3)4)16-24(28(23)40-6)35-42(7,38)39/h8-10,12,14-16,22,32,35H,11,13,17-18H2,1-7H3,(H,33,37). The van der Waals surface area contributed by atoms with Crippen LogP contribution in [0.1, 0.15) is 54.5 Å². The second kappa shape index (κ2) is 12.6. The van der Waals surface area contributed by atoms with Gasteiger partial charge in [-0.05, 0) is 67.7 Å². The highest BCUT2D eigenvalue weighted by Gasteiger charge is 2.23. The minimum atomic E-state index is -3.60. The molecule has 1 unspecified atom stereocenters. The molecule has 226 valence electrons. The van der Waals surface area contributed by atoms with E-state index in [0.29, 0.717) is 41.3 Å². The molecule has 1 aliphatic rings. The Kier molecular flexibility index (Phi) is 9.39. The molecule has 11 nitrogen and oxygen atoms in total. The number of anilines is 2. The minimum Gasteiger partial charge on any atom is -0.492 e. The number of amides is 1. The zero-order valence-corrected chi connectivity index (χ0v) is 26.1. The maximum Gasteiger partial charge on any atom is 0.255 e. The van der Waals surface area contributed by atoms with E-state index in [2.05, 4.69) is 37.3 Å². The number of hydrogen-bond donors (Lipinski definition) is 3. The number of likely N-dealkylation sites (tertiary alicyclic amines) is 1. The van der Waals surface area contributed by atoms with Gasteiger partial charge in [-0.15, -0.1) is 0 Å². The van der Waals surface area contributed by atoms with Crippen LogP contribution in [0.5, 0.6) is 17.4 Å². The smallest absolute Gasteiger partial charge is 0.255 e. The molecule has 2 heterocycles. The Labute approximate surface area is 248 Å². The number of methoxy groups -OCH3 is 1. The predicted molar refractivity (Wildman–Crippen MR) is 164 cm³/mol. The van der Waals surface area contributed by atoms with Gasteiger partial charge in [0.1, 0.15) is 11.6 Å².